The summed E-state index contributed by atoms with van der Waals surface area (Å²) >= 11 is 1.79. The molecule has 0 spiro atoms. The van der Waals surface area contributed by atoms with E-state index in [9.17, 15) is 0 Å². The van der Waals surface area contributed by atoms with Gasteiger partial charge in [0.25, 0.3) is 0 Å². The van der Waals surface area contributed by atoms with Gasteiger partial charge in [0.15, 0.2) is 0 Å². The van der Waals surface area contributed by atoms with Gasteiger partial charge in [-0.1, -0.05) is 24.6 Å². The number of hydrogen-bond acceptors (Lipinski definition) is 4. The third kappa shape index (κ3) is 4.55. The van der Waals surface area contributed by atoms with E-state index in [1.165, 1.54) is 16.0 Å². The van der Waals surface area contributed by atoms with E-state index < -0.39 is 0 Å². The molecule has 0 radical (unpaired) electrons. The summed E-state index contributed by atoms with van der Waals surface area (Å²) in [5.41, 5.74) is 4.68. The fourth-order valence-corrected chi connectivity index (χ4v) is 3.10. The second-order valence-electron chi connectivity index (χ2n) is 5.17. The van der Waals surface area contributed by atoms with Crippen molar-refractivity contribution in [2.24, 2.45) is 0 Å². The van der Waals surface area contributed by atoms with Crippen LogP contribution < -0.4 is 5.32 Å². The Balaban J connectivity index is 2.07. The highest BCUT2D eigenvalue weighted by molar-refractivity contribution is 7.98. The summed E-state index contributed by atoms with van der Waals surface area (Å²) < 4.78 is 0. The summed E-state index contributed by atoms with van der Waals surface area (Å²) in [4.78, 5) is 10.6. The normalized spacial score (nSPS) is 10.9. The highest BCUT2D eigenvalue weighted by atomic mass is 32.2. The molecule has 0 aliphatic heterocycles. The van der Waals surface area contributed by atoms with Gasteiger partial charge in [0.05, 0.1) is 5.75 Å². The molecule has 0 fully saturated rings. The van der Waals surface area contributed by atoms with Crippen LogP contribution in [0.1, 0.15) is 35.3 Å². The molecule has 0 aliphatic carbocycles. The maximum Gasteiger partial charge on any atom is 0.139 e. The third-order valence-corrected chi connectivity index (χ3v) is 4.37. The first-order valence-electron chi connectivity index (χ1n) is 7.33. The molecule has 0 saturated carbocycles. The Bertz CT molecular complexity index is 588. The van der Waals surface area contributed by atoms with Crippen LogP contribution in [0.3, 0.4) is 0 Å². The summed E-state index contributed by atoms with van der Waals surface area (Å²) in [6.45, 7) is 10.2. The van der Waals surface area contributed by atoms with E-state index in [1.54, 1.807) is 11.8 Å². The van der Waals surface area contributed by atoms with Gasteiger partial charge in [-0.25, -0.2) is 9.97 Å². The van der Waals surface area contributed by atoms with Crippen molar-refractivity contribution < 1.29 is 0 Å². The predicted molar refractivity (Wildman–Crippen MR) is 89.6 cm³/mol. The molecular formula is C17H23N3S. The second kappa shape index (κ2) is 7.57. The number of aryl methyl sites for hydroxylation is 3. The third-order valence-electron chi connectivity index (χ3n) is 3.38. The number of benzene rings is 1. The number of aromatic nitrogens is 2. The Kier molecular flexibility index (Phi) is 5.76. The van der Waals surface area contributed by atoms with Gasteiger partial charge in [-0.3, -0.25) is 0 Å². The minimum Gasteiger partial charge on any atom is -0.313 e. The Morgan fingerprint density at radius 3 is 2.43 bits per heavy atom. The van der Waals surface area contributed by atoms with E-state index in [-0.39, 0.29) is 0 Å². The van der Waals surface area contributed by atoms with Crippen LogP contribution in [-0.4, -0.2) is 16.5 Å². The van der Waals surface area contributed by atoms with Gasteiger partial charge >= 0.3 is 0 Å². The predicted octanol–water partition coefficient (Wildman–Crippen LogP) is 3.80. The zero-order valence-corrected chi connectivity index (χ0v) is 14.0. The molecule has 4 heteroatoms. The molecule has 2 rings (SSSR count). The molecule has 1 aromatic carbocycles. The minimum absolute atomic E-state index is 0.812. The zero-order valence-electron chi connectivity index (χ0n) is 13.2. The van der Waals surface area contributed by atoms with Crippen molar-refractivity contribution in [2.75, 3.05) is 6.54 Å². The lowest BCUT2D eigenvalue weighted by molar-refractivity contribution is 0.707. The van der Waals surface area contributed by atoms with Crippen molar-refractivity contribution >= 4 is 11.8 Å². The molecule has 1 aromatic heterocycles. The minimum atomic E-state index is 0.812. The van der Waals surface area contributed by atoms with E-state index in [1.807, 2.05) is 0 Å². The number of hydrogen-bond donors (Lipinski definition) is 1. The van der Waals surface area contributed by atoms with E-state index in [2.05, 4.69) is 67.2 Å². The Morgan fingerprint density at radius 1 is 1.10 bits per heavy atom. The van der Waals surface area contributed by atoms with Crippen LogP contribution >= 0.6 is 11.8 Å². The molecule has 1 N–H and O–H groups in total. The highest BCUT2D eigenvalue weighted by Gasteiger charge is 2.08. The number of nitrogens with zero attached hydrogens (tertiary/aromatic N) is 2. The van der Waals surface area contributed by atoms with Gasteiger partial charge in [0, 0.05) is 28.4 Å². The van der Waals surface area contributed by atoms with Crippen molar-refractivity contribution in [3.63, 3.8) is 0 Å². The fourth-order valence-electron chi connectivity index (χ4n) is 2.23. The van der Waals surface area contributed by atoms with Crippen LogP contribution in [0.25, 0.3) is 0 Å². The Labute approximate surface area is 131 Å². The monoisotopic (exact) mass is 301 g/mol. The first-order valence-corrected chi connectivity index (χ1v) is 8.32. The molecule has 0 bridgehead atoms. The molecule has 2 aromatic rings. The van der Waals surface area contributed by atoms with E-state index in [4.69, 9.17) is 0 Å². The topological polar surface area (TPSA) is 37.8 Å². The average molecular weight is 301 g/mol. The highest BCUT2D eigenvalue weighted by Crippen LogP contribution is 2.23. The van der Waals surface area contributed by atoms with E-state index in [0.29, 0.717) is 0 Å². The first kappa shape index (κ1) is 16.0. The van der Waals surface area contributed by atoms with Crippen molar-refractivity contribution in [3.8, 4) is 0 Å². The van der Waals surface area contributed by atoms with Crippen LogP contribution in [0.5, 0.6) is 0 Å². The van der Waals surface area contributed by atoms with Crippen molar-refractivity contribution in [1.82, 2.24) is 15.3 Å². The molecule has 0 saturated heterocycles. The summed E-state index contributed by atoms with van der Waals surface area (Å²) in [6.07, 6.45) is 0. The zero-order chi connectivity index (χ0) is 15.2. The van der Waals surface area contributed by atoms with Crippen molar-refractivity contribution in [3.05, 3.63) is 52.6 Å². The lowest BCUT2D eigenvalue weighted by Crippen LogP contribution is -2.16. The SMILES string of the molecule is CCNCc1c(C)nc(CSc2cccc(C)c2)nc1C. The van der Waals surface area contributed by atoms with Crippen LogP contribution in [0.4, 0.5) is 0 Å². The Hall–Kier alpha value is -1.39. The quantitative estimate of drug-likeness (QED) is 0.824. The molecular weight excluding hydrogens is 278 g/mol. The van der Waals surface area contributed by atoms with E-state index in [0.717, 1.165) is 36.1 Å². The van der Waals surface area contributed by atoms with Crippen molar-refractivity contribution in [2.45, 2.75) is 44.9 Å². The van der Waals surface area contributed by atoms with E-state index >= 15 is 0 Å². The van der Waals surface area contributed by atoms with Crippen LogP contribution in [0, 0.1) is 20.8 Å². The number of nitrogens with one attached hydrogen (secondary N) is 1. The van der Waals surface area contributed by atoms with Gasteiger partial charge in [-0.2, -0.15) is 0 Å². The second-order valence-corrected chi connectivity index (χ2v) is 6.22. The number of rotatable bonds is 6. The maximum absolute atomic E-state index is 4.65. The number of thioether (sulfide) groups is 1. The standard InChI is InChI=1S/C17H23N3S/c1-5-18-10-16-13(3)19-17(20-14(16)4)11-21-15-8-6-7-12(2)9-15/h6-9,18H,5,10-11H2,1-4H3. The van der Waals surface area contributed by atoms with Gasteiger partial charge in [0.1, 0.15) is 5.82 Å². The largest absolute Gasteiger partial charge is 0.313 e. The van der Waals surface area contributed by atoms with Gasteiger partial charge in [-0.05, 0) is 39.4 Å². The molecule has 0 aliphatic rings. The molecule has 112 valence electrons. The first-order chi connectivity index (χ1) is 10.1. The van der Waals surface area contributed by atoms with Gasteiger partial charge in [-0.15, -0.1) is 11.8 Å². The average Bonchev–Trinajstić information content (AvgIpc) is 2.44. The van der Waals surface area contributed by atoms with Gasteiger partial charge < -0.3 is 5.32 Å². The summed E-state index contributed by atoms with van der Waals surface area (Å²) in [6, 6.07) is 8.54. The molecule has 21 heavy (non-hydrogen) atoms. The Morgan fingerprint density at radius 2 is 1.81 bits per heavy atom. The molecule has 1 heterocycles. The van der Waals surface area contributed by atoms with Crippen molar-refractivity contribution in [1.29, 1.82) is 0 Å². The fraction of sp³-hybridized carbons (Fsp3) is 0.412. The van der Waals surface area contributed by atoms with Crippen LogP contribution in [0.15, 0.2) is 29.2 Å². The molecule has 0 amide bonds. The molecule has 0 atom stereocenters. The lowest BCUT2D eigenvalue weighted by Gasteiger charge is -2.11. The molecule has 0 unspecified atom stereocenters. The van der Waals surface area contributed by atoms with Crippen LogP contribution in [-0.2, 0) is 12.3 Å². The maximum atomic E-state index is 4.65. The van der Waals surface area contributed by atoms with Gasteiger partial charge in [0.2, 0.25) is 0 Å². The smallest absolute Gasteiger partial charge is 0.139 e. The summed E-state index contributed by atoms with van der Waals surface area (Å²) in [5, 5.41) is 3.34. The lowest BCUT2D eigenvalue weighted by atomic mass is 10.1. The van der Waals surface area contributed by atoms with Crippen LogP contribution in [0.2, 0.25) is 0 Å². The summed E-state index contributed by atoms with van der Waals surface area (Å²) in [7, 11) is 0. The molecule has 3 nitrogen and oxygen atoms in total. The summed E-state index contributed by atoms with van der Waals surface area (Å²) in [5.74, 6) is 1.73.